The molecule has 72 heavy (non-hydrogen) atoms. The fourth-order valence-electron chi connectivity index (χ4n) is 8.39. The van der Waals surface area contributed by atoms with Crippen molar-refractivity contribution in [3.8, 4) is 0 Å². The molecule has 0 saturated heterocycles. The molecule has 12 heteroatoms. The summed E-state index contributed by atoms with van der Waals surface area (Å²) in [5.41, 5.74) is 0. The molecule has 0 aliphatic carbocycles. The monoisotopic (exact) mass is 1040 g/mol. The van der Waals surface area contributed by atoms with Gasteiger partial charge in [-0.25, -0.2) is 4.57 Å². The second-order valence-corrected chi connectivity index (χ2v) is 21.6. The van der Waals surface area contributed by atoms with Gasteiger partial charge in [-0.3, -0.25) is 23.4 Å². The van der Waals surface area contributed by atoms with Crippen LogP contribution in [0.25, 0.3) is 0 Å². The Balaban J connectivity index is 4.65. The topological polar surface area (TPSA) is 155 Å². The Labute approximate surface area is 441 Å². The molecule has 3 atom stereocenters. The van der Waals surface area contributed by atoms with Crippen molar-refractivity contribution in [3.05, 3.63) is 36.5 Å². The Kier molecular flexibility index (Phi) is 53.2. The van der Waals surface area contributed by atoms with Gasteiger partial charge in [0.2, 0.25) is 0 Å². The number of aliphatic hydroxyl groups is 1. The summed E-state index contributed by atoms with van der Waals surface area (Å²) in [6, 6.07) is 0. The second-order valence-electron chi connectivity index (χ2n) is 20.2. The van der Waals surface area contributed by atoms with Gasteiger partial charge in [0.05, 0.1) is 19.8 Å². The van der Waals surface area contributed by atoms with Crippen molar-refractivity contribution in [2.45, 2.75) is 303 Å². The van der Waals surface area contributed by atoms with Gasteiger partial charge in [0.15, 0.2) is 6.10 Å². The van der Waals surface area contributed by atoms with Crippen molar-refractivity contribution in [3.63, 3.8) is 0 Å². The maximum Gasteiger partial charge on any atom is 0.472 e. The molecule has 11 nitrogen and oxygen atoms in total. The molecule has 0 heterocycles. The number of ether oxygens (including phenoxy) is 3. The maximum absolute atomic E-state index is 12.9. The first-order valence-corrected chi connectivity index (χ1v) is 31.4. The first-order valence-electron chi connectivity index (χ1n) is 29.9. The van der Waals surface area contributed by atoms with Crippen LogP contribution in [0, 0.1) is 0 Å². The number of hydrogen-bond donors (Lipinski definition) is 2. The van der Waals surface area contributed by atoms with Gasteiger partial charge in [0.1, 0.15) is 12.7 Å². The third kappa shape index (κ3) is 52.6. The van der Waals surface area contributed by atoms with Gasteiger partial charge >= 0.3 is 25.7 Å². The van der Waals surface area contributed by atoms with E-state index in [4.69, 9.17) is 23.3 Å². The van der Waals surface area contributed by atoms with Crippen molar-refractivity contribution >= 4 is 25.7 Å². The average molecular weight is 1040 g/mol. The van der Waals surface area contributed by atoms with Gasteiger partial charge in [-0.15, -0.1) is 0 Å². The Morgan fingerprint density at radius 1 is 0.375 bits per heavy atom. The Hall–Kier alpha value is -2.30. The van der Waals surface area contributed by atoms with E-state index < -0.39 is 57.8 Å². The standard InChI is InChI=1S/C60H111O11P/c1-4-7-10-13-16-19-22-24-26-27-28-29-31-33-36-39-42-45-48-51-60(64)71-57(53-67-58(62)49-46-43-40-37-34-21-18-15-12-9-6-3)55-69-72(65,66)68-54-56(52-61)70-59(63)50-47-44-41-38-35-32-30-25-23-20-17-14-11-8-5-2/h15,18,24-26,30,56-57,61H,4-14,16-17,19-23,27-29,31-55H2,1-3H3,(H,65,66)/b18-15-,26-24-,30-25-. The van der Waals surface area contributed by atoms with E-state index in [-0.39, 0.29) is 25.9 Å². The van der Waals surface area contributed by atoms with Crippen LogP contribution in [-0.2, 0) is 42.2 Å². The molecule has 0 aromatic rings. The summed E-state index contributed by atoms with van der Waals surface area (Å²) < 4.78 is 39.5. The minimum atomic E-state index is -4.75. The van der Waals surface area contributed by atoms with Crippen LogP contribution in [0.4, 0.5) is 0 Å². The van der Waals surface area contributed by atoms with E-state index in [9.17, 15) is 28.9 Å². The van der Waals surface area contributed by atoms with Crippen LogP contribution in [0.5, 0.6) is 0 Å². The molecule has 422 valence electrons. The van der Waals surface area contributed by atoms with Crippen molar-refractivity contribution in [2.24, 2.45) is 0 Å². The van der Waals surface area contributed by atoms with Crippen LogP contribution in [0.15, 0.2) is 36.5 Å². The maximum atomic E-state index is 12.9. The van der Waals surface area contributed by atoms with Crippen LogP contribution >= 0.6 is 7.82 Å². The number of allylic oxidation sites excluding steroid dienone is 6. The van der Waals surface area contributed by atoms with Gasteiger partial charge < -0.3 is 24.2 Å². The molecule has 0 saturated carbocycles. The van der Waals surface area contributed by atoms with Gasteiger partial charge in [-0.1, -0.05) is 218 Å². The number of esters is 3. The number of carbonyl (C=O) groups is 3. The molecular weight excluding hydrogens is 928 g/mol. The third-order valence-electron chi connectivity index (χ3n) is 13.0. The zero-order valence-corrected chi connectivity index (χ0v) is 47.6. The van der Waals surface area contributed by atoms with Crippen LogP contribution in [0.2, 0.25) is 0 Å². The Morgan fingerprint density at radius 3 is 1.00 bits per heavy atom. The highest BCUT2D eigenvalue weighted by Gasteiger charge is 2.28. The smallest absolute Gasteiger partial charge is 0.462 e. The third-order valence-corrected chi connectivity index (χ3v) is 14.0. The largest absolute Gasteiger partial charge is 0.472 e. The number of rotatable bonds is 56. The van der Waals surface area contributed by atoms with Crippen molar-refractivity contribution in [1.29, 1.82) is 0 Å². The summed E-state index contributed by atoms with van der Waals surface area (Å²) in [5.74, 6) is -1.47. The molecule has 0 aliphatic heterocycles. The van der Waals surface area contributed by atoms with Crippen molar-refractivity contribution in [1.82, 2.24) is 0 Å². The van der Waals surface area contributed by atoms with Crippen LogP contribution in [-0.4, -0.2) is 66.5 Å². The summed E-state index contributed by atoms with van der Waals surface area (Å²) in [6.45, 7) is 4.61. The predicted octanol–water partition coefficient (Wildman–Crippen LogP) is 17.6. The lowest BCUT2D eigenvalue weighted by atomic mass is 10.1. The molecule has 0 rings (SSSR count). The van der Waals surface area contributed by atoms with E-state index in [0.29, 0.717) is 19.3 Å². The lowest BCUT2D eigenvalue weighted by Crippen LogP contribution is -2.30. The van der Waals surface area contributed by atoms with Crippen LogP contribution < -0.4 is 0 Å². The van der Waals surface area contributed by atoms with E-state index in [0.717, 1.165) is 96.3 Å². The number of hydrogen-bond acceptors (Lipinski definition) is 10. The molecule has 0 aromatic carbocycles. The molecule has 0 aromatic heterocycles. The zero-order chi connectivity index (χ0) is 52.7. The Morgan fingerprint density at radius 2 is 0.653 bits per heavy atom. The number of aliphatic hydroxyl groups excluding tert-OH is 1. The van der Waals surface area contributed by atoms with E-state index in [1.807, 2.05) is 0 Å². The second kappa shape index (κ2) is 54.9. The van der Waals surface area contributed by atoms with Gasteiger partial charge in [-0.05, 0) is 89.9 Å². The fourth-order valence-corrected chi connectivity index (χ4v) is 9.17. The molecule has 0 aliphatic rings. The molecule has 3 unspecified atom stereocenters. The Bertz CT molecular complexity index is 1350. The molecule has 0 radical (unpaired) electrons. The van der Waals surface area contributed by atoms with Crippen molar-refractivity contribution in [2.75, 3.05) is 26.4 Å². The lowest BCUT2D eigenvalue weighted by Gasteiger charge is -2.21. The highest BCUT2D eigenvalue weighted by molar-refractivity contribution is 7.47. The van der Waals surface area contributed by atoms with Gasteiger partial charge in [-0.2, -0.15) is 0 Å². The molecule has 0 spiro atoms. The van der Waals surface area contributed by atoms with E-state index in [1.165, 1.54) is 135 Å². The number of phosphoric ester groups is 1. The quantitative estimate of drug-likeness (QED) is 0.0197. The predicted molar refractivity (Wildman–Crippen MR) is 298 cm³/mol. The summed E-state index contributed by atoms with van der Waals surface area (Å²) in [4.78, 5) is 48.5. The zero-order valence-electron chi connectivity index (χ0n) is 46.7. The van der Waals surface area contributed by atoms with Gasteiger partial charge in [0.25, 0.3) is 0 Å². The van der Waals surface area contributed by atoms with E-state index in [1.54, 1.807) is 0 Å². The average Bonchev–Trinajstić information content (AvgIpc) is 3.37. The van der Waals surface area contributed by atoms with E-state index >= 15 is 0 Å². The summed E-state index contributed by atoms with van der Waals surface area (Å²) in [7, 11) is -4.75. The highest BCUT2D eigenvalue weighted by Crippen LogP contribution is 2.43. The first kappa shape index (κ1) is 69.7. The van der Waals surface area contributed by atoms with Crippen LogP contribution in [0.3, 0.4) is 0 Å². The SMILES string of the molecule is CCCC/C=C\CCCCCCCC(=O)OCC(COP(=O)(O)OCC(CO)OC(=O)CCCCCCC/C=C\CCCCCCCC)OC(=O)CCCCCCCCCCC/C=C\CCCCCCCC. The van der Waals surface area contributed by atoms with Crippen LogP contribution in [0.1, 0.15) is 290 Å². The summed E-state index contributed by atoms with van der Waals surface area (Å²) in [5, 5.41) is 9.81. The molecule has 2 N–H and O–H groups in total. The number of phosphoric acid groups is 1. The highest BCUT2D eigenvalue weighted by atomic mass is 31.2. The molecular formula is C60H111O11P. The fraction of sp³-hybridized carbons (Fsp3) is 0.850. The summed E-state index contributed by atoms with van der Waals surface area (Å²) in [6.07, 6.45) is 56.7. The van der Waals surface area contributed by atoms with Gasteiger partial charge in [0, 0.05) is 19.3 Å². The molecule has 0 fully saturated rings. The normalized spacial score (nSPS) is 13.6. The summed E-state index contributed by atoms with van der Waals surface area (Å²) >= 11 is 0. The minimum absolute atomic E-state index is 0.166. The number of unbranched alkanes of at least 4 members (excludes halogenated alkanes) is 33. The molecule has 0 amide bonds. The first-order chi connectivity index (χ1) is 35.2. The minimum Gasteiger partial charge on any atom is -0.462 e. The lowest BCUT2D eigenvalue weighted by molar-refractivity contribution is -0.161. The van der Waals surface area contributed by atoms with Crippen molar-refractivity contribution < 1.29 is 52.2 Å². The van der Waals surface area contributed by atoms with E-state index in [2.05, 4.69) is 57.2 Å². The number of carbonyl (C=O) groups excluding carboxylic acids is 3. The molecule has 0 bridgehead atoms.